The lowest BCUT2D eigenvalue weighted by molar-refractivity contribution is -0.130. The van der Waals surface area contributed by atoms with E-state index in [2.05, 4.69) is 0 Å². The maximum absolute atomic E-state index is 12.8. The van der Waals surface area contributed by atoms with E-state index in [1.54, 1.807) is 43.3 Å². The van der Waals surface area contributed by atoms with Gasteiger partial charge in [0.1, 0.15) is 5.75 Å². The van der Waals surface area contributed by atoms with Crippen LogP contribution in [0.2, 0.25) is 0 Å². The van der Waals surface area contributed by atoms with Crippen LogP contribution in [0.5, 0.6) is 5.75 Å². The SMILES string of the molecule is CCC(=O)C1=C(O)C(=O)N(Cc2ccc(C(=O)O)cc2)C1c1cccc(OC)c1. The van der Waals surface area contributed by atoms with Crippen molar-refractivity contribution in [2.45, 2.75) is 25.9 Å². The second-order valence-corrected chi connectivity index (χ2v) is 6.65. The van der Waals surface area contributed by atoms with Gasteiger partial charge in [0.15, 0.2) is 11.5 Å². The third-order valence-corrected chi connectivity index (χ3v) is 4.89. The van der Waals surface area contributed by atoms with Gasteiger partial charge in [0.2, 0.25) is 0 Å². The molecule has 1 amide bonds. The van der Waals surface area contributed by atoms with E-state index in [0.29, 0.717) is 16.9 Å². The second-order valence-electron chi connectivity index (χ2n) is 6.65. The Balaban J connectivity index is 2.02. The summed E-state index contributed by atoms with van der Waals surface area (Å²) in [5, 5.41) is 19.5. The zero-order chi connectivity index (χ0) is 21.1. The molecule has 0 aromatic heterocycles. The standard InChI is InChI=1S/C22H21NO6/c1-3-17(24)18-19(15-5-4-6-16(11-15)29-2)23(21(26)20(18)25)12-13-7-9-14(10-8-13)22(27)28/h4-11,19,25H,3,12H2,1-2H3,(H,27,28). The van der Waals surface area contributed by atoms with Crippen molar-refractivity contribution < 1.29 is 29.3 Å². The number of amides is 1. The lowest BCUT2D eigenvalue weighted by Gasteiger charge is -2.27. The van der Waals surface area contributed by atoms with Gasteiger partial charge >= 0.3 is 5.97 Å². The van der Waals surface area contributed by atoms with Gasteiger partial charge < -0.3 is 19.8 Å². The Kier molecular flexibility index (Phi) is 5.68. The van der Waals surface area contributed by atoms with E-state index < -0.39 is 23.7 Å². The van der Waals surface area contributed by atoms with Gasteiger partial charge in [-0.2, -0.15) is 0 Å². The van der Waals surface area contributed by atoms with Gasteiger partial charge in [0, 0.05) is 13.0 Å². The van der Waals surface area contributed by atoms with Crippen LogP contribution in [0, 0.1) is 0 Å². The molecule has 2 aromatic rings. The molecule has 0 aliphatic carbocycles. The topological polar surface area (TPSA) is 104 Å². The molecule has 150 valence electrons. The summed E-state index contributed by atoms with van der Waals surface area (Å²) in [6.45, 7) is 1.77. The molecule has 0 saturated carbocycles. The highest BCUT2D eigenvalue weighted by Gasteiger charge is 2.43. The monoisotopic (exact) mass is 395 g/mol. The molecule has 1 aliphatic rings. The van der Waals surface area contributed by atoms with E-state index in [-0.39, 0.29) is 29.9 Å². The average Bonchev–Trinajstić information content (AvgIpc) is 2.98. The quantitative estimate of drug-likeness (QED) is 0.746. The molecule has 1 atom stereocenters. The number of carboxylic acid groups (broad SMARTS) is 1. The summed E-state index contributed by atoms with van der Waals surface area (Å²) in [6.07, 6.45) is 0.147. The van der Waals surface area contributed by atoms with Gasteiger partial charge in [0.25, 0.3) is 5.91 Å². The van der Waals surface area contributed by atoms with Gasteiger partial charge in [-0.3, -0.25) is 9.59 Å². The van der Waals surface area contributed by atoms with E-state index in [4.69, 9.17) is 9.84 Å². The van der Waals surface area contributed by atoms with E-state index >= 15 is 0 Å². The number of aliphatic hydroxyl groups is 1. The number of benzene rings is 2. The molecule has 0 radical (unpaired) electrons. The molecule has 1 unspecified atom stereocenters. The Bertz CT molecular complexity index is 993. The minimum absolute atomic E-state index is 0.0629. The number of rotatable bonds is 7. The fourth-order valence-corrected chi connectivity index (χ4v) is 3.40. The number of ketones is 1. The molecule has 3 rings (SSSR count). The number of hydrogen-bond donors (Lipinski definition) is 2. The van der Waals surface area contributed by atoms with Gasteiger partial charge in [0.05, 0.1) is 24.3 Å². The van der Waals surface area contributed by atoms with Gasteiger partial charge in [-0.05, 0) is 35.4 Å². The van der Waals surface area contributed by atoms with Gasteiger partial charge in [-0.15, -0.1) is 0 Å². The Hall–Kier alpha value is -3.61. The van der Waals surface area contributed by atoms with Crippen molar-refractivity contribution in [3.63, 3.8) is 0 Å². The number of carbonyl (C=O) groups excluding carboxylic acids is 2. The third-order valence-electron chi connectivity index (χ3n) is 4.89. The van der Waals surface area contributed by atoms with Crippen molar-refractivity contribution in [3.8, 4) is 5.75 Å². The fourth-order valence-electron chi connectivity index (χ4n) is 3.40. The van der Waals surface area contributed by atoms with Crippen molar-refractivity contribution in [2.75, 3.05) is 7.11 Å². The first-order valence-corrected chi connectivity index (χ1v) is 9.10. The predicted octanol–water partition coefficient (Wildman–Crippen LogP) is 3.27. The largest absolute Gasteiger partial charge is 0.503 e. The molecule has 7 nitrogen and oxygen atoms in total. The van der Waals surface area contributed by atoms with Crippen LogP contribution in [0.4, 0.5) is 0 Å². The first-order valence-electron chi connectivity index (χ1n) is 9.10. The number of aliphatic hydroxyl groups excluding tert-OH is 1. The molecule has 7 heteroatoms. The zero-order valence-corrected chi connectivity index (χ0v) is 16.1. The van der Waals surface area contributed by atoms with Crippen LogP contribution in [0.3, 0.4) is 0 Å². The number of methoxy groups -OCH3 is 1. The molecule has 2 aromatic carbocycles. The molecule has 0 bridgehead atoms. The van der Waals surface area contributed by atoms with E-state index in [9.17, 15) is 19.5 Å². The van der Waals surface area contributed by atoms with Crippen LogP contribution in [-0.2, 0) is 16.1 Å². The Labute approximate surface area is 167 Å². The minimum Gasteiger partial charge on any atom is -0.503 e. The number of hydrogen-bond acceptors (Lipinski definition) is 5. The van der Waals surface area contributed by atoms with E-state index in [1.165, 1.54) is 24.1 Å². The maximum Gasteiger partial charge on any atom is 0.335 e. The molecule has 1 aliphatic heterocycles. The first-order chi connectivity index (χ1) is 13.9. The average molecular weight is 395 g/mol. The molecular formula is C22H21NO6. The maximum atomic E-state index is 12.8. The van der Waals surface area contributed by atoms with Crippen molar-refractivity contribution in [1.82, 2.24) is 4.90 Å². The highest BCUT2D eigenvalue weighted by molar-refractivity contribution is 6.08. The smallest absolute Gasteiger partial charge is 0.335 e. The lowest BCUT2D eigenvalue weighted by Crippen LogP contribution is -2.30. The summed E-state index contributed by atoms with van der Waals surface area (Å²) in [5.41, 5.74) is 1.51. The third kappa shape index (κ3) is 3.85. The second kappa shape index (κ2) is 8.18. The molecule has 0 spiro atoms. The molecule has 1 heterocycles. The first kappa shape index (κ1) is 20.1. The number of aromatic carboxylic acids is 1. The normalized spacial score (nSPS) is 16.3. The summed E-state index contributed by atoms with van der Waals surface area (Å²) < 4.78 is 5.26. The van der Waals surface area contributed by atoms with E-state index in [1.807, 2.05) is 0 Å². The van der Waals surface area contributed by atoms with Gasteiger partial charge in [-0.1, -0.05) is 31.2 Å². The minimum atomic E-state index is -1.04. The number of Topliss-reactive ketones (excluding diaryl/α,β-unsaturated/α-hetero) is 1. The Morgan fingerprint density at radius 1 is 1.14 bits per heavy atom. The summed E-state index contributed by atoms with van der Waals surface area (Å²) in [6, 6.07) is 12.3. The fraction of sp³-hybridized carbons (Fsp3) is 0.227. The summed E-state index contributed by atoms with van der Waals surface area (Å²) in [5.74, 6) is -1.98. The molecule has 2 N–H and O–H groups in total. The molecule has 0 fully saturated rings. The highest BCUT2D eigenvalue weighted by atomic mass is 16.5. The van der Waals surface area contributed by atoms with Crippen LogP contribution in [0.15, 0.2) is 59.9 Å². The van der Waals surface area contributed by atoms with Gasteiger partial charge in [-0.25, -0.2) is 4.79 Å². The molecular weight excluding hydrogens is 374 g/mol. The number of carbonyl (C=O) groups is 3. The Morgan fingerprint density at radius 2 is 1.83 bits per heavy atom. The van der Waals surface area contributed by atoms with Crippen molar-refractivity contribution >= 4 is 17.7 Å². The summed E-state index contributed by atoms with van der Waals surface area (Å²) in [4.78, 5) is 37.8. The predicted molar refractivity (Wildman–Crippen MR) is 105 cm³/mol. The number of carboxylic acids is 1. The van der Waals surface area contributed by atoms with Crippen LogP contribution in [-0.4, -0.2) is 39.9 Å². The van der Waals surface area contributed by atoms with Crippen molar-refractivity contribution in [1.29, 1.82) is 0 Å². The van der Waals surface area contributed by atoms with Crippen molar-refractivity contribution in [2.24, 2.45) is 0 Å². The Morgan fingerprint density at radius 3 is 2.41 bits per heavy atom. The van der Waals surface area contributed by atoms with E-state index in [0.717, 1.165) is 0 Å². The number of ether oxygens (including phenoxy) is 1. The molecule has 29 heavy (non-hydrogen) atoms. The lowest BCUT2D eigenvalue weighted by atomic mass is 9.94. The van der Waals surface area contributed by atoms with Crippen LogP contribution < -0.4 is 4.74 Å². The van der Waals surface area contributed by atoms with Crippen LogP contribution >= 0.6 is 0 Å². The van der Waals surface area contributed by atoms with Crippen molar-refractivity contribution in [3.05, 3.63) is 76.6 Å². The highest BCUT2D eigenvalue weighted by Crippen LogP contribution is 2.40. The zero-order valence-electron chi connectivity index (χ0n) is 16.1. The van der Waals surface area contributed by atoms with Crippen LogP contribution in [0.25, 0.3) is 0 Å². The number of nitrogens with zero attached hydrogens (tertiary/aromatic N) is 1. The summed E-state index contributed by atoms with van der Waals surface area (Å²) in [7, 11) is 1.52. The van der Waals surface area contributed by atoms with Crippen LogP contribution in [0.1, 0.15) is 40.9 Å². The molecule has 0 saturated heterocycles. The summed E-state index contributed by atoms with van der Waals surface area (Å²) >= 11 is 0.